The molecule has 0 radical (unpaired) electrons. The average Bonchev–Trinajstić information content (AvgIpc) is 3.16. The second kappa shape index (κ2) is 5.05. The van der Waals surface area contributed by atoms with E-state index in [1.165, 1.54) is 0 Å². The second-order valence-corrected chi connectivity index (χ2v) is 5.25. The van der Waals surface area contributed by atoms with Crippen LogP contribution in [-0.4, -0.2) is 38.7 Å². The number of nitrogens with zero attached hydrogens (tertiary/aromatic N) is 5. The lowest BCUT2D eigenvalue weighted by Gasteiger charge is -2.18. The van der Waals surface area contributed by atoms with Crippen LogP contribution in [0.2, 0.25) is 0 Å². The molecule has 1 saturated heterocycles. The molecule has 1 N–H and O–H groups in total. The van der Waals surface area contributed by atoms with Crippen molar-refractivity contribution in [3.8, 4) is 0 Å². The summed E-state index contributed by atoms with van der Waals surface area (Å²) in [7, 11) is 0. The van der Waals surface area contributed by atoms with Gasteiger partial charge in [0.1, 0.15) is 6.33 Å². The van der Waals surface area contributed by atoms with E-state index in [2.05, 4.69) is 37.5 Å². The third-order valence-corrected chi connectivity index (χ3v) is 3.83. The number of para-hydroxylation sites is 1. The van der Waals surface area contributed by atoms with Crippen LogP contribution >= 0.6 is 0 Å². The fourth-order valence-corrected chi connectivity index (χ4v) is 2.81. The van der Waals surface area contributed by atoms with Gasteiger partial charge in [-0.25, -0.2) is 4.98 Å². The highest BCUT2D eigenvalue weighted by Gasteiger charge is 2.25. The lowest BCUT2D eigenvalue weighted by atomic mass is 10.2. The first-order valence-corrected chi connectivity index (χ1v) is 7.11. The standard InChI is InChI=1S/C15H16N6/c1-2-4-12(5-3-1)18-13-6-8-20(10-13)14-15-19-17-11-21(15)9-7-16-14/h1-5,7,9,11,13,18H,6,8,10H2. The normalized spacial score (nSPS) is 18.3. The topological polar surface area (TPSA) is 58.4 Å². The summed E-state index contributed by atoms with van der Waals surface area (Å²) < 4.78 is 1.90. The van der Waals surface area contributed by atoms with Crippen LogP contribution in [0.25, 0.3) is 5.65 Å². The number of anilines is 2. The van der Waals surface area contributed by atoms with Crippen molar-refractivity contribution in [1.29, 1.82) is 0 Å². The van der Waals surface area contributed by atoms with Crippen LogP contribution in [0.3, 0.4) is 0 Å². The van der Waals surface area contributed by atoms with Crippen molar-refractivity contribution in [3.63, 3.8) is 0 Å². The highest BCUT2D eigenvalue weighted by atomic mass is 15.3. The summed E-state index contributed by atoms with van der Waals surface area (Å²) in [5.41, 5.74) is 1.98. The van der Waals surface area contributed by atoms with Crippen molar-refractivity contribution in [2.24, 2.45) is 0 Å². The fraction of sp³-hybridized carbons (Fsp3) is 0.267. The van der Waals surface area contributed by atoms with E-state index < -0.39 is 0 Å². The maximum atomic E-state index is 4.48. The van der Waals surface area contributed by atoms with Crippen LogP contribution < -0.4 is 10.2 Å². The molecule has 1 aliphatic heterocycles. The number of hydrogen-bond acceptors (Lipinski definition) is 5. The van der Waals surface area contributed by atoms with E-state index in [1.54, 1.807) is 12.5 Å². The van der Waals surface area contributed by atoms with E-state index >= 15 is 0 Å². The maximum absolute atomic E-state index is 4.48. The van der Waals surface area contributed by atoms with Gasteiger partial charge in [-0.1, -0.05) is 18.2 Å². The second-order valence-electron chi connectivity index (χ2n) is 5.25. The zero-order chi connectivity index (χ0) is 14.1. The molecule has 0 aliphatic carbocycles. The van der Waals surface area contributed by atoms with Crippen LogP contribution in [0, 0.1) is 0 Å². The molecule has 6 heteroatoms. The molecule has 2 aromatic heterocycles. The Kier molecular flexibility index (Phi) is 2.92. The molecule has 4 rings (SSSR count). The number of aromatic nitrogens is 4. The Morgan fingerprint density at radius 1 is 1.19 bits per heavy atom. The van der Waals surface area contributed by atoms with Gasteiger partial charge in [0.25, 0.3) is 0 Å². The van der Waals surface area contributed by atoms with Gasteiger partial charge >= 0.3 is 0 Å². The summed E-state index contributed by atoms with van der Waals surface area (Å²) in [4.78, 5) is 6.75. The predicted molar refractivity (Wildman–Crippen MR) is 81.5 cm³/mol. The number of hydrogen-bond donors (Lipinski definition) is 1. The minimum Gasteiger partial charge on any atom is -0.380 e. The summed E-state index contributed by atoms with van der Waals surface area (Å²) in [5, 5.41) is 11.7. The van der Waals surface area contributed by atoms with Gasteiger partial charge in [-0.15, -0.1) is 10.2 Å². The van der Waals surface area contributed by atoms with Gasteiger partial charge in [0.05, 0.1) is 0 Å². The number of benzene rings is 1. The molecule has 0 amide bonds. The Morgan fingerprint density at radius 2 is 2.10 bits per heavy atom. The predicted octanol–water partition coefficient (Wildman–Crippen LogP) is 1.82. The molecule has 0 saturated carbocycles. The quantitative estimate of drug-likeness (QED) is 0.793. The molecule has 1 fully saturated rings. The van der Waals surface area contributed by atoms with Crippen molar-refractivity contribution in [3.05, 3.63) is 49.1 Å². The van der Waals surface area contributed by atoms with E-state index in [0.717, 1.165) is 36.7 Å². The molecule has 3 heterocycles. The van der Waals surface area contributed by atoms with Crippen LogP contribution in [0.4, 0.5) is 11.5 Å². The van der Waals surface area contributed by atoms with E-state index in [1.807, 2.05) is 28.8 Å². The molecule has 1 atom stereocenters. The molecule has 1 aromatic carbocycles. The third kappa shape index (κ3) is 2.29. The largest absolute Gasteiger partial charge is 0.380 e. The van der Waals surface area contributed by atoms with E-state index in [9.17, 15) is 0 Å². The highest BCUT2D eigenvalue weighted by Crippen LogP contribution is 2.23. The average molecular weight is 280 g/mol. The van der Waals surface area contributed by atoms with Gasteiger partial charge in [0.15, 0.2) is 5.82 Å². The van der Waals surface area contributed by atoms with Crippen molar-refractivity contribution in [1.82, 2.24) is 19.6 Å². The van der Waals surface area contributed by atoms with Gasteiger partial charge in [-0.3, -0.25) is 4.40 Å². The van der Waals surface area contributed by atoms with Gasteiger partial charge in [-0.2, -0.15) is 0 Å². The molecule has 1 aliphatic rings. The smallest absolute Gasteiger partial charge is 0.203 e. The lowest BCUT2D eigenvalue weighted by Crippen LogP contribution is -2.27. The summed E-state index contributed by atoms with van der Waals surface area (Å²) >= 11 is 0. The molecule has 21 heavy (non-hydrogen) atoms. The Labute approximate surface area is 122 Å². The summed E-state index contributed by atoms with van der Waals surface area (Å²) in [6, 6.07) is 10.8. The zero-order valence-electron chi connectivity index (χ0n) is 11.6. The number of rotatable bonds is 3. The van der Waals surface area contributed by atoms with Gasteiger partial charge in [-0.05, 0) is 18.6 Å². The molecule has 1 unspecified atom stereocenters. The van der Waals surface area contributed by atoms with Crippen molar-refractivity contribution >= 4 is 17.2 Å². The Hall–Kier alpha value is -2.63. The van der Waals surface area contributed by atoms with Crippen molar-refractivity contribution in [2.75, 3.05) is 23.3 Å². The molecule has 6 nitrogen and oxygen atoms in total. The third-order valence-electron chi connectivity index (χ3n) is 3.83. The van der Waals surface area contributed by atoms with Gasteiger partial charge < -0.3 is 10.2 Å². The molecule has 0 spiro atoms. The Bertz CT molecular complexity index is 738. The summed E-state index contributed by atoms with van der Waals surface area (Å²) in [6.45, 7) is 1.90. The minimum absolute atomic E-state index is 0.428. The molecule has 106 valence electrons. The molecular weight excluding hydrogens is 264 g/mol. The van der Waals surface area contributed by atoms with E-state index in [0.29, 0.717) is 6.04 Å². The van der Waals surface area contributed by atoms with Crippen LogP contribution in [0.1, 0.15) is 6.42 Å². The Balaban J connectivity index is 1.52. The first kappa shape index (κ1) is 12.1. The maximum Gasteiger partial charge on any atom is 0.203 e. The summed E-state index contributed by atoms with van der Waals surface area (Å²) in [6.07, 6.45) is 6.46. The first-order valence-electron chi connectivity index (χ1n) is 7.11. The van der Waals surface area contributed by atoms with Gasteiger partial charge in [0.2, 0.25) is 5.65 Å². The fourth-order valence-electron chi connectivity index (χ4n) is 2.81. The SMILES string of the molecule is c1ccc(NC2CCN(c3nccn4cnnc34)C2)cc1. The van der Waals surface area contributed by atoms with E-state index in [4.69, 9.17) is 0 Å². The lowest BCUT2D eigenvalue weighted by molar-refractivity contribution is 0.806. The molecular formula is C15H16N6. The van der Waals surface area contributed by atoms with Crippen LogP contribution in [0.15, 0.2) is 49.1 Å². The van der Waals surface area contributed by atoms with Crippen molar-refractivity contribution < 1.29 is 0 Å². The van der Waals surface area contributed by atoms with Crippen molar-refractivity contribution in [2.45, 2.75) is 12.5 Å². The number of fused-ring (bicyclic) bond motifs is 1. The monoisotopic (exact) mass is 280 g/mol. The first-order chi connectivity index (χ1) is 10.4. The van der Waals surface area contributed by atoms with Crippen LogP contribution in [0.5, 0.6) is 0 Å². The van der Waals surface area contributed by atoms with E-state index in [-0.39, 0.29) is 0 Å². The minimum atomic E-state index is 0.428. The highest BCUT2D eigenvalue weighted by molar-refractivity contribution is 5.64. The Morgan fingerprint density at radius 3 is 3.00 bits per heavy atom. The zero-order valence-corrected chi connectivity index (χ0v) is 11.6. The van der Waals surface area contributed by atoms with Gasteiger partial charge in [0, 0.05) is 37.2 Å². The summed E-state index contributed by atoms with van der Waals surface area (Å²) in [5.74, 6) is 0.910. The molecule has 3 aromatic rings. The van der Waals surface area contributed by atoms with Crippen LogP contribution in [-0.2, 0) is 0 Å². The number of nitrogens with one attached hydrogen (secondary N) is 1. The molecule has 0 bridgehead atoms.